The number of amides is 1. The predicted octanol–water partition coefficient (Wildman–Crippen LogP) is 4.40. The first-order valence-electron chi connectivity index (χ1n) is 10.3. The molecule has 1 aliphatic heterocycles. The number of morpholine rings is 1. The molecule has 2 heterocycles. The molecule has 0 saturated carbocycles. The number of hydrogen-bond donors (Lipinski definition) is 0. The van der Waals surface area contributed by atoms with Crippen LogP contribution in [0.3, 0.4) is 0 Å². The first kappa shape index (κ1) is 22.4. The quantitative estimate of drug-likeness (QED) is 0.421. The van der Waals surface area contributed by atoms with Crippen molar-refractivity contribution in [2.45, 2.75) is 26.5 Å². The third kappa shape index (κ3) is 4.57. The summed E-state index contributed by atoms with van der Waals surface area (Å²) in [7, 11) is 1.54. The summed E-state index contributed by atoms with van der Waals surface area (Å²) in [5.74, 6) is -3.99. The molecule has 4 rings (SSSR count). The lowest BCUT2D eigenvalue weighted by molar-refractivity contribution is -0.139. The SMILES string of the molecule is COc1cc(C=C2OC(C)CN(Cc3ccc(F)c(F)c3F)C2=O)ccc1-n1cnc(C)c1. The van der Waals surface area contributed by atoms with Gasteiger partial charge in [0.05, 0.1) is 31.4 Å². The zero-order valence-electron chi connectivity index (χ0n) is 18.3. The van der Waals surface area contributed by atoms with E-state index in [1.807, 2.05) is 23.8 Å². The van der Waals surface area contributed by atoms with E-state index >= 15 is 0 Å². The van der Waals surface area contributed by atoms with E-state index in [9.17, 15) is 18.0 Å². The monoisotopic (exact) mass is 457 g/mol. The fraction of sp³-hybridized carbons (Fsp3) is 0.250. The molecule has 0 aliphatic carbocycles. The van der Waals surface area contributed by atoms with E-state index in [0.717, 1.165) is 23.5 Å². The summed E-state index contributed by atoms with van der Waals surface area (Å²) >= 11 is 0. The van der Waals surface area contributed by atoms with Gasteiger partial charge in [-0.25, -0.2) is 18.2 Å². The number of methoxy groups -OCH3 is 1. The minimum absolute atomic E-state index is 0.0602. The van der Waals surface area contributed by atoms with E-state index in [-0.39, 0.29) is 30.5 Å². The summed E-state index contributed by atoms with van der Waals surface area (Å²) in [6.07, 6.45) is 4.73. The molecule has 6 nitrogen and oxygen atoms in total. The van der Waals surface area contributed by atoms with Gasteiger partial charge >= 0.3 is 0 Å². The molecule has 33 heavy (non-hydrogen) atoms. The highest BCUT2D eigenvalue weighted by Crippen LogP contribution is 2.28. The van der Waals surface area contributed by atoms with Crippen LogP contribution in [0, 0.1) is 24.4 Å². The van der Waals surface area contributed by atoms with Gasteiger partial charge in [-0.15, -0.1) is 0 Å². The van der Waals surface area contributed by atoms with Crippen molar-refractivity contribution in [1.82, 2.24) is 14.5 Å². The zero-order valence-corrected chi connectivity index (χ0v) is 18.3. The molecule has 0 bridgehead atoms. The Morgan fingerprint density at radius 2 is 2.00 bits per heavy atom. The molecule has 1 aromatic heterocycles. The van der Waals surface area contributed by atoms with Gasteiger partial charge in [-0.2, -0.15) is 0 Å². The first-order valence-corrected chi connectivity index (χ1v) is 10.3. The molecular weight excluding hydrogens is 435 g/mol. The van der Waals surface area contributed by atoms with Crippen LogP contribution in [0.15, 0.2) is 48.6 Å². The number of imidazole rings is 1. The number of hydrogen-bond acceptors (Lipinski definition) is 4. The summed E-state index contributed by atoms with van der Waals surface area (Å²) in [5.41, 5.74) is 2.18. The second kappa shape index (κ2) is 9.01. The normalized spacial score (nSPS) is 17.4. The Morgan fingerprint density at radius 1 is 1.21 bits per heavy atom. The second-order valence-electron chi connectivity index (χ2n) is 7.81. The molecule has 1 fully saturated rings. The van der Waals surface area contributed by atoms with Gasteiger partial charge in [-0.3, -0.25) is 4.79 Å². The van der Waals surface area contributed by atoms with E-state index in [1.54, 1.807) is 38.6 Å². The second-order valence-corrected chi connectivity index (χ2v) is 7.81. The van der Waals surface area contributed by atoms with Crippen LogP contribution in [0.25, 0.3) is 11.8 Å². The van der Waals surface area contributed by atoms with E-state index in [4.69, 9.17) is 9.47 Å². The Labute approximate surface area is 188 Å². The average molecular weight is 457 g/mol. The molecule has 1 unspecified atom stereocenters. The van der Waals surface area contributed by atoms with Crippen LogP contribution in [-0.4, -0.2) is 40.1 Å². The van der Waals surface area contributed by atoms with Crippen LogP contribution in [0.5, 0.6) is 5.75 Å². The summed E-state index contributed by atoms with van der Waals surface area (Å²) in [4.78, 5) is 18.5. The van der Waals surface area contributed by atoms with Crippen LogP contribution < -0.4 is 4.74 Å². The van der Waals surface area contributed by atoms with Crippen molar-refractivity contribution < 1.29 is 27.4 Å². The lowest BCUT2D eigenvalue weighted by Crippen LogP contribution is -2.43. The minimum atomic E-state index is -1.56. The molecule has 0 spiro atoms. The lowest BCUT2D eigenvalue weighted by Gasteiger charge is -2.33. The Balaban J connectivity index is 1.61. The summed E-state index contributed by atoms with van der Waals surface area (Å²) in [6.45, 7) is 3.61. The Bertz CT molecular complexity index is 1240. The predicted molar refractivity (Wildman–Crippen MR) is 115 cm³/mol. The van der Waals surface area contributed by atoms with Crippen LogP contribution in [0.4, 0.5) is 13.2 Å². The van der Waals surface area contributed by atoms with E-state index < -0.39 is 23.4 Å². The van der Waals surface area contributed by atoms with Crippen LogP contribution in [0.2, 0.25) is 0 Å². The topological polar surface area (TPSA) is 56.6 Å². The van der Waals surface area contributed by atoms with E-state index in [1.165, 1.54) is 4.90 Å². The number of ether oxygens (including phenoxy) is 2. The van der Waals surface area contributed by atoms with Crippen molar-refractivity contribution in [2.24, 2.45) is 0 Å². The van der Waals surface area contributed by atoms with Crippen molar-refractivity contribution >= 4 is 12.0 Å². The highest BCUT2D eigenvalue weighted by atomic mass is 19.2. The first-order chi connectivity index (χ1) is 15.8. The van der Waals surface area contributed by atoms with Crippen molar-refractivity contribution in [3.8, 4) is 11.4 Å². The van der Waals surface area contributed by atoms with E-state index in [2.05, 4.69) is 4.98 Å². The van der Waals surface area contributed by atoms with Gasteiger partial charge in [0.1, 0.15) is 11.9 Å². The maximum absolute atomic E-state index is 14.1. The van der Waals surface area contributed by atoms with Crippen molar-refractivity contribution in [1.29, 1.82) is 0 Å². The molecular formula is C24H22F3N3O3. The number of halogens is 3. The minimum Gasteiger partial charge on any atom is -0.495 e. The van der Waals surface area contributed by atoms with Crippen molar-refractivity contribution in [3.63, 3.8) is 0 Å². The smallest absolute Gasteiger partial charge is 0.289 e. The Hall–Kier alpha value is -3.75. The maximum Gasteiger partial charge on any atom is 0.289 e. The van der Waals surface area contributed by atoms with Gasteiger partial charge < -0.3 is 18.9 Å². The third-order valence-corrected chi connectivity index (χ3v) is 5.27. The van der Waals surface area contributed by atoms with Crippen molar-refractivity contribution in [2.75, 3.05) is 13.7 Å². The molecule has 0 radical (unpaired) electrons. The zero-order chi connectivity index (χ0) is 23.7. The number of carbonyl (C=O) groups excluding carboxylic acids is 1. The average Bonchev–Trinajstić information content (AvgIpc) is 3.23. The number of carbonyl (C=O) groups is 1. The van der Waals surface area contributed by atoms with E-state index in [0.29, 0.717) is 11.3 Å². The molecule has 9 heteroatoms. The van der Waals surface area contributed by atoms with Gasteiger partial charge in [0.15, 0.2) is 23.2 Å². The standard InChI is InChI=1S/C24H22F3N3O3/c1-14-10-30(13-28-14)19-7-4-16(8-20(19)32-3)9-21-24(31)29(11-15(2)33-21)12-17-5-6-18(25)23(27)22(17)26/h4-10,13,15H,11-12H2,1-3H3. The molecule has 0 N–H and O–H groups in total. The fourth-order valence-corrected chi connectivity index (χ4v) is 3.68. The van der Waals surface area contributed by atoms with Gasteiger partial charge in [-0.05, 0) is 43.7 Å². The molecule has 1 amide bonds. The fourth-order valence-electron chi connectivity index (χ4n) is 3.68. The highest BCUT2D eigenvalue weighted by molar-refractivity contribution is 5.96. The summed E-state index contributed by atoms with van der Waals surface area (Å²) in [6, 6.07) is 7.36. The molecule has 1 aliphatic rings. The highest BCUT2D eigenvalue weighted by Gasteiger charge is 2.30. The van der Waals surface area contributed by atoms with Gasteiger partial charge in [0, 0.05) is 18.3 Å². The van der Waals surface area contributed by atoms with Crippen LogP contribution >= 0.6 is 0 Å². The lowest BCUT2D eigenvalue weighted by atomic mass is 10.1. The summed E-state index contributed by atoms with van der Waals surface area (Å²) < 4.78 is 54.0. The Morgan fingerprint density at radius 3 is 2.70 bits per heavy atom. The van der Waals surface area contributed by atoms with Crippen molar-refractivity contribution in [3.05, 3.63) is 82.9 Å². The Kier molecular flexibility index (Phi) is 6.13. The van der Waals surface area contributed by atoms with Gasteiger partial charge in [-0.1, -0.05) is 12.1 Å². The molecule has 3 aromatic rings. The van der Waals surface area contributed by atoms with Gasteiger partial charge in [0.2, 0.25) is 0 Å². The van der Waals surface area contributed by atoms with Crippen LogP contribution in [0.1, 0.15) is 23.7 Å². The van der Waals surface area contributed by atoms with Crippen LogP contribution in [-0.2, 0) is 16.1 Å². The molecule has 1 saturated heterocycles. The number of aromatic nitrogens is 2. The summed E-state index contributed by atoms with van der Waals surface area (Å²) in [5, 5.41) is 0. The molecule has 2 aromatic carbocycles. The molecule has 172 valence electrons. The maximum atomic E-state index is 14.1. The number of nitrogens with zero attached hydrogens (tertiary/aromatic N) is 3. The third-order valence-electron chi connectivity index (χ3n) is 5.27. The molecule has 1 atom stereocenters. The number of aryl methyl sites for hydroxylation is 1. The number of benzene rings is 2. The largest absolute Gasteiger partial charge is 0.495 e. The van der Waals surface area contributed by atoms with Gasteiger partial charge in [0.25, 0.3) is 5.91 Å². The number of rotatable bonds is 5.